The van der Waals surface area contributed by atoms with Gasteiger partial charge in [0.2, 0.25) is 11.9 Å². The molecule has 0 saturated carbocycles. The molecule has 2 aromatic heterocycles. The van der Waals surface area contributed by atoms with Gasteiger partial charge in [0.25, 0.3) is 0 Å². The van der Waals surface area contributed by atoms with E-state index >= 15 is 0 Å². The van der Waals surface area contributed by atoms with Crippen LogP contribution in [0, 0.1) is 0 Å². The molecule has 70 heavy (non-hydrogen) atoms. The number of aromatic nitrogens is 4. The topological polar surface area (TPSA) is 46.8 Å². The first kappa shape index (κ1) is 41.3. The third-order valence-corrected chi connectivity index (χ3v) is 18.8. The Bertz CT molecular complexity index is 3770. The number of fused-ring (bicyclic) bond motifs is 6. The molecule has 1 aliphatic heterocycles. The number of anilines is 2. The van der Waals surface area contributed by atoms with Crippen molar-refractivity contribution in [2.45, 2.75) is 0 Å². The molecule has 0 aliphatic carbocycles. The molecule has 0 bridgehead atoms. The molecule has 0 atom stereocenters. The summed E-state index contributed by atoms with van der Waals surface area (Å²) in [5, 5.41) is 7.39. The SMILES string of the molecule is c1ccc(B2c3ccccc3-c3ccccc3N2c2nc(-c3cccc([Si](c4ccccc4)(c4ccccc4)c4cccc(-c5ccccc5)c4)c3)nc(-n3c4ccccc4c4ccccc43)n2)cc1. The van der Waals surface area contributed by atoms with Crippen molar-refractivity contribution in [1.82, 2.24) is 19.5 Å². The quantitative estimate of drug-likeness (QED) is 0.107. The van der Waals surface area contributed by atoms with E-state index in [1.165, 1.54) is 42.9 Å². The largest absolute Gasteiger partial charge is 0.345 e. The monoisotopic (exact) mass is 909 g/mol. The zero-order chi connectivity index (χ0) is 46.4. The number of hydrogen-bond donors (Lipinski definition) is 0. The average Bonchev–Trinajstić information content (AvgIpc) is 3.78. The molecular formula is C63H44BN5Si. The Hall–Kier alpha value is -8.91. The Morgan fingerprint density at radius 1 is 0.343 bits per heavy atom. The molecule has 0 radical (unpaired) electrons. The van der Waals surface area contributed by atoms with E-state index in [0.717, 1.165) is 44.1 Å². The first-order valence-electron chi connectivity index (χ1n) is 23.9. The first-order chi connectivity index (χ1) is 34.7. The van der Waals surface area contributed by atoms with Gasteiger partial charge in [-0.2, -0.15) is 15.0 Å². The van der Waals surface area contributed by atoms with Crippen LogP contribution in [0.15, 0.2) is 267 Å². The predicted octanol–water partition coefficient (Wildman–Crippen LogP) is 10.6. The maximum atomic E-state index is 5.65. The van der Waals surface area contributed by atoms with Crippen LogP contribution < -0.4 is 36.5 Å². The molecule has 3 heterocycles. The van der Waals surface area contributed by atoms with Crippen LogP contribution in [0.1, 0.15) is 0 Å². The molecule has 0 amide bonds. The van der Waals surface area contributed by atoms with Crippen molar-refractivity contribution in [2.75, 3.05) is 4.81 Å². The number of hydrogen-bond acceptors (Lipinski definition) is 4. The summed E-state index contributed by atoms with van der Waals surface area (Å²) in [6, 6.07) is 96.5. The van der Waals surface area contributed by atoms with Crippen molar-refractivity contribution >= 4 is 80.0 Å². The summed E-state index contributed by atoms with van der Waals surface area (Å²) in [5.41, 5.74) is 11.0. The zero-order valence-corrected chi connectivity index (χ0v) is 39.2. The van der Waals surface area contributed by atoms with Crippen molar-refractivity contribution in [3.8, 4) is 39.6 Å². The van der Waals surface area contributed by atoms with Crippen LogP contribution in [0.2, 0.25) is 0 Å². The highest BCUT2D eigenvalue weighted by molar-refractivity contribution is 7.20. The summed E-state index contributed by atoms with van der Waals surface area (Å²) in [5.74, 6) is 1.71. The Kier molecular flexibility index (Phi) is 10.2. The van der Waals surface area contributed by atoms with Gasteiger partial charge in [-0.3, -0.25) is 4.57 Å². The van der Waals surface area contributed by atoms with Crippen molar-refractivity contribution in [3.05, 3.63) is 267 Å². The molecule has 0 saturated heterocycles. The van der Waals surface area contributed by atoms with E-state index in [0.29, 0.717) is 17.7 Å². The van der Waals surface area contributed by atoms with Crippen molar-refractivity contribution in [1.29, 1.82) is 0 Å². The number of nitrogens with zero attached hydrogens (tertiary/aromatic N) is 5. The molecule has 0 fully saturated rings. The molecule has 0 unspecified atom stereocenters. The Labute approximate surface area is 408 Å². The summed E-state index contributed by atoms with van der Waals surface area (Å²) >= 11 is 0. The lowest BCUT2D eigenvalue weighted by Gasteiger charge is -2.37. The maximum Gasteiger partial charge on any atom is 0.331 e. The van der Waals surface area contributed by atoms with Crippen LogP contribution in [0.3, 0.4) is 0 Å². The standard InChI is InChI=1S/C63H44BN5Si/c1-5-23-45(24-6-1)46-25-21-33-51(43-46)70(49-29-9-3-10-30-49,50-31-11-4-12-32-50)52-34-22-26-47(44-52)61-65-62(68-58-40-18-14-37-55(58)56-38-15-19-41-59(56)68)67-63(66-61)69-60-42-20-16-36-54(60)53-35-13-17-39-57(53)64(69)48-27-7-2-8-28-48/h1-44H. The average molecular weight is 910 g/mol. The molecule has 12 aromatic rings. The van der Waals surface area contributed by atoms with E-state index < -0.39 is 8.07 Å². The van der Waals surface area contributed by atoms with Gasteiger partial charge < -0.3 is 4.81 Å². The fourth-order valence-corrected chi connectivity index (χ4v) is 15.8. The number of rotatable bonds is 9. The highest BCUT2D eigenvalue weighted by Gasteiger charge is 2.42. The normalized spacial score (nSPS) is 12.2. The lowest BCUT2D eigenvalue weighted by Crippen LogP contribution is -2.74. The highest BCUT2D eigenvalue weighted by atomic mass is 28.3. The lowest BCUT2D eigenvalue weighted by molar-refractivity contribution is 0.940. The van der Waals surface area contributed by atoms with Crippen molar-refractivity contribution < 1.29 is 0 Å². The fourth-order valence-electron chi connectivity index (χ4n) is 11.0. The first-order valence-corrected chi connectivity index (χ1v) is 25.9. The fraction of sp³-hybridized carbons (Fsp3) is 0. The third-order valence-electron chi connectivity index (χ3n) is 14.1. The molecule has 0 spiro atoms. The molecular weight excluding hydrogens is 866 g/mol. The van der Waals surface area contributed by atoms with Crippen molar-refractivity contribution in [3.63, 3.8) is 0 Å². The second-order valence-electron chi connectivity index (χ2n) is 17.9. The molecule has 13 rings (SSSR count). The number of para-hydroxylation sites is 3. The minimum absolute atomic E-state index is 0.229. The highest BCUT2D eigenvalue weighted by Crippen LogP contribution is 2.40. The molecule has 5 nitrogen and oxygen atoms in total. The van der Waals surface area contributed by atoms with Gasteiger partial charge in [-0.05, 0) is 61.1 Å². The lowest BCUT2D eigenvalue weighted by atomic mass is 9.46. The van der Waals surface area contributed by atoms with Gasteiger partial charge >= 0.3 is 6.85 Å². The van der Waals surface area contributed by atoms with Gasteiger partial charge in [0, 0.05) is 27.6 Å². The van der Waals surface area contributed by atoms with Crippen LogP contribution in [0.25, 0.3) is 61.4 Å². The van der Waals surface area contributed by atoms with Gasteiger partial charge in [-0.1, -0.05) is 254 Å². The molecule has 1 aliphatic rings. The Balaban J connectivity index is 1.10. The Morgan fingerprint density at radius 3 is 1.47 bits per heavy atom. The summed E-state index contributed by atoms with van der Waals surface area (Å²) in [6.07, 6.45) is 0. The van der Waals surface area contributed by atoms with Crippen LogP contribution >= 0.6 is 0 Å². The van der Waals surface area contributed by atoms with E-state index in [4.69, 9.17) is 15.0 Å². The van der Waals surface area contributed by atoms with Crippen LogP contribution in [-0.2, 0) is 0 Å². The van der Waals surface area contributed by atoms with Gasteiger partial charge in [0.15, 0.2) is 13.9 Å². The molecule has 328 valence electrons. The van der Waals surface area contributed by atoms with Crippen LogP contribution in [-0.4, -0.2) is 34.4 Å². The zero-order valence-electron chi connectivity index (χ0n) is 38.2. The maximum absolute atomic E-state index is 5.65. The summed E-state index contributed by atoms with van der Waals surface area (Å²) < 4.78 is 2.21. The van der Waals surface area contributed by atoms with Crippen molar-refractivity contribution in [2.24, 2.45) is 0 Å². The summed E-state index contributed by atoms with van der Waals surface area (Å²) in [4.78, 5) is 19.1. The van der Waals surface area contributed by atoms with Gasteiger partial charge in [0.1, 0.15) is 0 Å². The minimum atomic E-state index is -3.04. The minimum Gasteiger partial charge on any atom is -0.345 e. The van der Waals surface area contributed by atoms with Gasteiger partial charge in [-0.25, -0.2) is 0 Å². The number of benzene rings is 10. The molecule has 10 aromatic carbocycles. The third kappa shape index (κ3) is 6.81. The Morgan fingerprint density at radius 2 is 0.814 bits per heavy atom. The van der Waals surface area contributed by atoms with Gasteiger partial charge in [-0.15, -0.1) is 0 Å². The molecule has 0 N–H and O–H groups in total. The smallest absolute Gasteiger partial charge is 0.331 e. The van der Waals surface area contributed by atoms with E-state index in [9.17, 15) is 0 Å². The predicted molar refractivity (Wildman–Crippen MR) is 294 cm³/mol. The van der Waals surface area contributed by atoms with E-state index in [2.05, 4.69) is 276 Å². The second-order valence-corrected chi connectivity index (χ2v) is 21.7. The second kappa shape index (κ2) is 17.3. The summed E-state index contributed by atoms with van der Waals surface area (Å²) in [6.45, 7) is -0.229. The van der Waals surface area contributed by atoms with Gasteiger partial charge in [0.05, 0.1) is 11.0 Å². The molecule has 7 heteroatoms. The van der Waals surface area contributed by atoms with E-state index in [-0.39, 0.29) is 6.85 Å². The van der Waals surface area contributed by atoms with Crippen LogP contribution in [0.5, 0.6) is 0 Å². The van der Waals surface area contributed by atoms with E-state index in [1.807, 2.05) is 0 Å². The van der Waals surface area contributed by atoms with Crippen LogP contribution in [0.4, 0.5) is 11.6 Å². The van der Waals surface area contributed by atoms with E-state index in [1.54, 1.807) is 0 Å². The summed E-state index contributed by atoms with van der Waals surface area (Å²) in [7, 11) is -3.04.